The fourth-order valence-electron chi connectivity index (χ4n) is 3.37. The van der Waals surface area contributed by atoms with Crippen LogP contribution in [0.4, 0.5) is 0 Å². The molecule has 22 heavy (non-hydrogen) atoms. The van der Waals surface area contributed by atoms with Gasteiger partial charge < -0.3 is 4.74 Å². The van der Waals surface area contributed by atoms with Crippen LogP contribution < -0.4 is 0 Å². The maximum atomic E-state index is 11.1. The van der Waals surface area contributed by atoms with Gasteiger partial charge in [-0.1, -0.05) is 52.4 Å². The number of esters is 1. The molecule has 0 aromatic heterocycles. The van der Waals surface area contributed by atoms with Crippen molar-refractivity contribution < 1.29 is 9.53 Å². The fraction of sp³-hybridized carbons (Fsp3) is 0.947. The molecule has 0 spiro atoms. The van der Waals surface area contributed by atoms with E-state index in [0.717, 1.165) is 12.3 Å². The third-order valence-corrected chi connectivity index (χ3v) is 6.78. The summed E-state index contributed by atoms with van der Waals surface area (Å²) in [6.45, 7) is 4.58. The quantitative estimate of drug-likeness (QED) is 0.290. The van der Waals surface area contributed by atoms with Gasteiger partial charge in [0.25, 0.3) is 0 Å². The van der Waals surface area contributed by atoms with Crippen LogP contribution >= 0.6 is 11.8 Å². The fourth-order valence-corrected chi connectivity index (χ4v) is 4.95. The van der Waals surface area contributed by atoms with Crippen LogP contribution in [0.5, 0.6) is 0 Å². The number of carbonyl (C=O) groups is 1. The second-order valence-electron chi connectivity index (χ2n) is 6.80. The molecular weight excluding hydrogens is 292 g/mol. The molecule has 0 unspecified atom stereocenters. The van der Waals surface area contributed by atoms with Crippen LogP contribution in [0.3, 0.4) is 0 Å². The van der Waals surface area contributed by atoms with Gasteiger partial charge in [-0.15, -0.1) is 0 Å². The Morgan fingerprint density at radius 2 is 1.86 bits per heavy atom. The average molecular weight is 329 g/mol. The third kappa shape index (κ3) is 7.39. The summed E-state index contributed by atoms with van der Waals surface area (Å²) in [6.07, 6.45) is 15.1. The van der Waals surface area contributed by atoms with Gasteiger partial charge in [-0.2, -0.15) is 11.8 Å². The highest BCUT2D eigenvalue weighted by Crippen LogP contribution is 2.59. The van der Waals surface area contributed by atoms with E-state index in [4.69, 9.17) is 0 Å². The largest absolute Gasteiger partial charge is 0.469 e. The van der Waals surface area contributed by atoms with Crippen LogP contribution in [-0.4, -0.2) is 23.6 Å². The first-order chi connectivity index (χ1) is 10.7. The number of hydrogen-bond acceptors (Lipinski definition) is 3. The van der Waals surface area contributed by atoms with Crippen molar-refractivity contribution in [3.63, 3.8) is 0 Å². The number of carbonyl (C=O) groups excluding carboxylic acids is 1. The van der Waals surface area contributed by atoms with E-state index in [-0.39, 0.29) is 5.97 Å². The molecular formula is C19H36O2S. The van der Waals surface area contributed by atoms with E-state index < -0.39 is 0 Å². The summed E-state index contributed by atoms with van der Waals surface area (Å²) < 4.78 is 5.32. The average Bonchev–Trinajstić information content (AvgIpc) is 3.22. The lowest BCUT2D eigenvalue weighted by Gasteiger charge is -2.17. The maximum absolute atomic E-state index is 11.1. The van der Waals surface area contributed by atoms with Crippen LogP contribution in [-0.2, 0) is 9.53 Å². The molecule has 0 aromatic carbocycles. The van der Waals surface area contributed by atoms with Gasteiger partial charge in [0.05, 0.1) is 7.11 Å². The number of rotatable bonds is 14. The maximum Gasteiger partial charge on any atom is 0.305 e. The predicted octanol–water partition coefficient (Wildman–Crippen LogP) is 5.98. The lowest BCUT2D eigenvalue weighted by Crippen LogP contribution is -2.08. The Morgan fingerprint density at radius 3 is 2.55 bits per heavy atom. The van der Waals surface area contributed by atoms with Gasteiger partial charge >= 0.3 is 5.97 Å². The zero-order valence-corrected chi connectivity index (χ0v) is 15.8. The molecule has 3 heteroatoms. The van der Waals surface area contributed by atoms with Crippen LogP contribution in [0.2, 0.25) is 0 Å². The normalized spacial score (nSPS) is 23.5. The van der Waals surface area contributed by atoms with E-state index >= 15 is 0 Å². The van der Waals surface area contributed by atoms with Gasteiger partial charge in [0.1, 0.15) is 0 Å². The van der Waals surface area contributed by atoms with Crippen molar-refractivity contribution in [3.8, 4) is 0 Å². The van der Waals surface area contributed by atoms with Crippen LogP contribution in [0.1, 0.15) is 90.9 Å². The molecule has 1 fully saturated rings. The summed E-state index contributed by atoms with van der Waals surface area (Å²) in [4.78, 5) is 11.1. The minimum Gasteiger partial charge on any atom is -0.469 e. The molecule has 0 heterocycles. The Kier molecular flexibility index (Phi) is 10.3. The zero-order chi connectivity index (χ0) is 16.3. The minimum atomic E-state index is -0.0600. The SMILES string of the molecule is CCCCCC[C@]1(SCCC)C[C@@H]1CCCCCC(=O)OC. The lowest BCUT2D eigenvalue weighted by atomic mass is 10.0. The number of unbranched alkanes of at least 4 members (excludes halogenated alkanes) is 5. The van der Waals surface area contributed by atoms with Crippen molar-refractivity contribution in [1.82, 2.24) is 0 Å². The zero-order valence-electron chi connectivity index (χ0n) is 15.0. The van der Waals surface area contributed by atoms with E-state index in [1.165, 1.54) is 77.1 Å². The molecule has 0 amide bonds. The Balaban J connectivity index is 2.17. The number of methoxy groups -OCH3 is 1. The summed E-state index contributed by atoms with van der Waals surface area (Å²) in [5.41, 5.74) is 0. The standard InChI is InChI=1S/C19H36O2S/c1-4-6-7-11-14-19(22-15-5-2)16-17(19)12-9-8-10-13-18(20)21-3/h17H,4-16H2,1-3H3/t17-,19-/m0/s1. The smallest absolute Gasteiger partial charge is 0.305 e. The highest BCUT2D eigenvalue weighted by atomic mass is 32.2. The lowest BCUT2D eigenvalue weighted by molar-refractivity contribution is -0.140. The third-order valence-electron chi connectivity index (χ3n) is 4.88. The van der Waals surface area contributed by atoms with Crippen molar-refractivity contribution in [3.05, 3.63) is 0 Å². The van der Waals surface area contributed by atoms with Gasteiger partial charge in [0.15, 0.2) is 0 Å². The molecule has 1 saturated carbocycles. The van der Waals surface area contributed by atoms with Crippen molar-refractivity contribution in [2.75, 3.05) is 12.9 Å². The van der Waals surface area contributed by atoms with Gasteiger partial charge in [-0.25, -0.2) is 0 Å². The monoisotopic (exact) mass is 328 g/mol. The summed E-state index contributed by atoms with van der Waals surface area (Å²) in [6, 6.07) is 0. The molecule has 0 radical (unpaired) electrons. The van der Waals surface area contributed by atoms with Crippen molar-refractivity contribution >= 4 is 17.7 Å². The van der Waals surface area contributed by atoms with Gasteiger partial charge in [-0.3, -0.25) is 4.79 Å². The Bertz CT molecular complexity index is 306. The second-order valence-corrected chi connectivity index (χ2v) is 8.31. The van der Waals surface area contributed by atoms with Crippen molar-refractivity contribution in [2.24, 2.45) is 5.92 Å². The minimum absolute atomic E-state index is 0.0600. The van der Waals surface area contributed by atoms with E-state index in [1.54, 1.807) is 0 Å². The van der Waals surface area contributed by atoms with Crippen LogP contribution in [0.15, 0.2) is 0 Å². The molecule has 1 aliphatic rings. The van der Waals surface area contributed by atoms with E-state index in [2.05, 4.69) is 30.3 Å². The molecule has 2 nitrogen and oxygen atoms in total. The summed E-state index contributed by atoms with van der Waals surface area (Å²) in [7, 11) is 1.48. The topological polar surface area (TPSA) is 26.3 Å². The van der Waals surface area contributed by atoms with Crippen LogP contribution in [0.25, 0.3) is 0 Å². The summed E-state index contributed by atoms with van der Waals surface area (Å²) >= 11 is 2.25. The predicted molar refractivity (Wildman–Crippen MR) is 97.4 cm³/mol. The Labute approximate surface area is 142 Å². The first-order valence-corrected chi connectivity index (χ1v) is 10.4. The Hall–Kier alpha value is -0.180. The summed E-state index contributed by atoms with van der Waals surface area (Å²) in [5.74, 6) is 2.21. The van der Waals surface area contributed by atoms with E-state index in [0.29, 0.717) is 11.2 Å². The summed E-state index contributed by atoms with van der Waals surface area (Å²) in [5, 5.41) is 0. The van der Waals surface area contributed by atoms with Gasteiger partial charge in [0, 0.05) is 11.2 Å². The number of ether oxygens (including phenoxy) is 1. The second kappa shape index (κ2) is 11.4. The van der Waals surface area contributed by atoms with E-state index in [9.17, 15) is 4.79 Å². The highest BCUT2D eigenvalue weighted by Gasteiger charge is 2.52. The molecule has 130 valence electrons. The molecule has 2 atom stereocenters. The molecule has 0 saturated heterocycles. The van der Waals surface area contributed by atoms with Crippen LogP contribution in [0, 0.1) is 5.92 Å². The molecule has 1 rings (SSSR count). The number of thioether (sulfide) groups is 1. The molecule has 1 aliphatic carbocycles. The van der Waals surface area contributed by atoms with Crippen molar-refractivity contribution in [1.29, 1.82) is 0 Å². The molecule has 0 aliphatic heterocycles. The van der Waals surface area contributed by atoms with Crippen molar-refractivity contribution in [2.45, 2.75) is 95.6 Å². The number of hydrogen-bond donors (Lipinski definition) is 0. The van der Waals surface area contributed by atoms with Gasteiger partial charge in [-0.05, 0) is 43.8 Å². The first kappa shape index (κ1) is 19.9. The first-order valence-electron chi connectivity index (χ1n) is 9.39. The molecule has 0 N–H and O–H groups in total. The molecule has 0 aromatic rings. The Morgan fingerprint density at radius 1 is 1.09 bits per heavy atom. The highest BCUT2D eigenvalue weighted by molar-refractivity contribution is 8.00. The van der Waals surface area contributed by atoms with E-state index in [1.807, 2.05) is 0 Å². The molecule has 0 bridgehead atoms. The van der Waals surface area contributed by atoms with Gasteiger partial charge in [0.2, 0.25) is 0 Å².